The molecule has 0 radical (unpaired) electrons. The van der Waals surface area contributed by atoms with Gasteiger partial charge in [-0.2, -0.15) is 0 Å². The summed E-state index contributed by atoms with van der Waals surface area (Å²) in [6.07, 6.45) is 2.74. The summed E-state index contributed by atoms with van der Waals surface area (Å²) in [4.78, 5) is 40.2. The lowest BCUT2D eigenvalue weighted by atomic mass is 9.95. The quantitative estimate of drug-likeness (QED) is 0.311. The Labute approximate surface area is 188 Å². The summed E-state index contributed by atoms with van der Waals surface area (Å²) in [6.45, 7) is 0. The summed E-state index contributed by atoms with van der Waals surface area (Å²) in [6, 6.07) is 12.3. The van der Waals surface area contributed by atoms with Crippen molar-refractivity contribution >= 4 is 45.3 Å². The number of amides is 1. The van der Waals surface area contributed by atoms with Gasteiger partial charge in [-0.25, -0.2) is 4.79 Å². The summed E-state index contributed by atoms with van der Waals surface area (Å²) in [5, 5.41) is 8.31. The second-order valence-corrected chi connectivity index (χ2v) is 9.22. The number of rotatable bonds is 7. The van der Waals surface area contributed by atoms with Gasteiger partial charge in [-0.05, 0) is 42.7 Å². The average Bonchev–Trinajstić information content (AvgIpc) is 3.46. The highest BCUT2D eigenvalue weighted by Gasteiger charge is 2.30. The summed E-state index contributed by atoms with van der Waals surface area (Å²) in [7, 11) is 1.35. The lowest BCUT2D eigenvalue weighted by Crippen LogP contribution is -2.46. The van der Waals surface area contributed by atoms with Crippen molar-refractivity contribution in [2.75, 3.05) is 12.4 Å². The van der Waals surface area contributed by atoms with Gasteiger partial charge in [0, 0.05) is 10.4 Å². The number of anilines is 1. The molecule has 0 saturated carbocycles. The van der Waals surface area contributed by atoms with Crippen LogP contribution in [-0.2, 0) is 17.6 Å². The molecule has 6 nitrogen and oxygen atoms in total. The number of methoxy groups -OCH3 is 1. The van der Waals surface area contributed by atoms with E-state index in [9.17, 15) is 14.4 Å². The number of aryl methyl sites for hydroxylation is 1. The van der Waals surface area contributed by atoms with Crippen molar-refractivity contribution in [2.24, 2.45) is 0 Å². The van der Waals surface area contributed by atoms with Crippen molar-refractivity contribution in [3.63, 3.8) is 0 Å². The van der Waals surface area contributed by atoms with Crippen molar-refractivity contribution < 1.29 is 19.1 Å². The van der Waals surface area contributed by atoms with Gasteiger partial charge in [0.2, 0.25) is 5.78 Å². The van der Waals surface area contributed by atoms with Gasteiger partial charge < -0.3 is 15.4 Å². The lowest BCUT2D eigenvalue weighted by molar-refractivity contribution is 0.0600. The zero-order chi connectivity index (χ0) is 21.8. The second kappa shape index (κ2) is 9.45. The molecular weight excluding hydrogens is 432 g/mol. The SMILES string of the molecule is COC(=O)c1c(N[C@@H](NC(=O)c2cccs2)C(=O)c2ccccc2)sc2c1CCCC2. The van der Waals surface area contributed by atoms with E-state index < -0.39 is 12.1 Å². The number of hydrogen-bond acceptors (Lipinski definition) is 7. The van der Waals surface area contributed by atoms with Crippen LogP contribution in [0.15, 0.2) is 47.8 Å². The molecule has 3 aromatic rings. The average molecular weight is 455 g/mol. The fourth-order valence-electron chi connectivity index (χ4n) is 3.66. The summed E-state index contributed by atoms with van der Waals surface area (Å²) in [5.74, 6) is -1.07. The maximum Gasteiger partial charge on any atom is 0.341 e. The molecule has 2 N–H and O–H groups in total. The zero-order valence-electron chi connectivity index (χ0n) is 17.0. The van der Waals surface area contributed by atoms with E-state index in [1.807, 2.05) is 6.07 Å². The number of nitrogens with one attached hydrogen (secondary N) is 2. The minimum absolute atomic E-state index is 0.285. The first-order valence-electron chi connectivity index (χ1n) is 10.0. The Balaban J connectivity index is 1.69. The number of benzene rings is 1. The Hall–Kier alpha value is -2.97. The van der Waals surface area contributed by atoms with E-state index in [0.717, 1.165) is 36.1 Å². The molecule has 8 heteroatoms. The molecule has 1 aromatic carbocycles. The van der Waals surface area contributed by atoms with Crippen LogP contribution in [0.2, 0.25) is 0 Å². The molecule has 4 rings (SSSR count). The Morgan fingerprint density at radius 1 is 1.03 bits per heavy atom. The molecule has 160 valence electrons. The van der Waals surface area contributed by atoms with Crippen LogP contribution < -0.4 is 10.6 Å². The maximum absolute atomic E-state index is 13.3. The molecule has 0 unspecified atom stereocenters. The number of hydrogen-bond donors (Lipinski definition) is 2. The lowest BCUT2D eigenvalue weighted by Gasteiger charge is -2.20. The van der Waals surface area contributed by atoms with Gasteiger partial charge in [0.1, 0.15) is 5.00 Å². The van der Waals surface area contributed by atoms with Gasteiger partial charge in [0.15, 0.2) is 6.17 Å². The van der Waals surface area contributed by atoms with Crippen molar-refractivity contribution in [3.05, 3.63) is 74.3 Å². The fraction of sp³-hybridized carbons (Fsp3) is 0.261. The van der Waals surface area contributed by atoms with E-state index in [-0.39, 0.29) is 11.7 Å². The van der Waals surface area contributed by atoms with E-state index in [1.165, 1.54) is 29.8 Å². The fourth-order valence-corrected chi connectivity index (χ4v) is 5.60. The highest BCUT2D eigenvalue weighted by atomic mass is 32.1. The van der Waals surface area contributed by atoms with Crippen LogP contribution in [-0.4, -0.2) is 30.9 Å². The first-order chi connectivity index (χ1) is 15.1. The number of carbonyl (C=O) groups is 3. The van der Waals surface area contributed by atoms with E-state index in [1.54, 1.807) is 41.8 Å². The first-order valence-corrected chi connectivity index (χ1v) is 11.7. The number of Topliss-reactive ketones (excluding diaryl/α,β-unsaturated/α-hetero) is 1. The van der Waals surface area contributed by atoms with Crippen LogP contribution in [0.25, 0.3) is 0 Å². The van der Waals surface area contributed by atoms with Crippen LogP contribution >= 0.6 is 22.7 Å². The number of carbonyl (C=O) groups excluding carboxylic acids is 3. The Bertz CT molecular complexity index is 1090. The van der Waals surface area contributed by atoms with E-state index in [0.29, 0.717) is 21.0 Å². The summed E-state index contributed by atoms with van der Waals surface area (Å²) in [5.41, 5.74) is 1.92. The van der Waals surface area contributed by atoms with Crippen molar-refractivity contribution in [3.8, 4) is 0 Å². The number of ketones is 1. The molecule has 1 atom stereocenters. The predicted octanol–water partition coefficient (Wildman–Crippen LogP) is 4.53. The summed E-state index contributed by atoms with van der Waals surface area (Å²) < 4.78 is 5.03. The van der Waals surface area contributed by atoms with Gasteiger partial charge in [0.25, 0.3) is 5.91 Å². The van der Waals surface area contributed by atoms with E-state index in [4.69, 9.17) is 4.74 Å². The van der Waals surface area contributed by atoms with Crippen LogP contribution in [0.4, 0.5) is 5.00 Å². The number of esters is 1. The standard InChI is InChI=1S/C23H22N2O4S2/c1-29-23(28)18-15-10-5-6-11-16(15)31-22(18)25-20(19(26)14-8-3-2-4-9-14)24-21(27)17-12-7-13-30-17/h2-4,7-9,12-13,20,25H,5-6,10-11H2,1H3,(H,24,27)/t20-/m1/s1. The third kappa shape index (κ3) is 4.55. The molecule has 2 heterocycles. The van der Waals surface area contributed by atoms with Gasteiger partial charge in [-0.1, -0.05) is 36.4 Å². The van der Waals surface area contributed by atoms with Gasteiger partial charge in [0.05, 0.1) is 17.6 Å². The van der Waals surface area contributed by atoms with Crippen LogP contribution in [0.3, 0.4) is 0 Å². The minimum Gasteiger partial charge on any atom is -0.465 e. The first kappa shape index (κ1) is 21.3. The molecule has 1 aliphatic carbocycles. The molecule has 0 fully saturated rings. The Kier molecular flexibility index (Phi) is 6.48. The smallest absolute Gasteiger partial charge is 0.341 e. The van der Waals surface area contributed by atoms with E-state index >= 15 is 0 Å². The van der Waals surface area contributed by atoms with Gasteiger partial charge in [-0.15, -0.1) is 22.7 Å². The third-order valence-corrected chi connectivity index (χ3v) is 7.27. The van der Waals surface area contributed by atoms with E-state index in [2.05, 4.69) is 10.6 Å². The summed E-state index contributed by atoms with van der Waals surface area (Å²) >= 11 is 2.76. The van der Waals surface area contributed by atoms with Gasteiger partial charge in [-0.3, -0.25) is 9.59 Å². The second-order valence-electron chi connectivity index (χ2n) is 7.16. The van der Waals surface area contributed by atoms with Crippen molar-refractivity contribution in [1.29, 1.82) is 0 Å². The topological polar surface area (TPSA) is 84.5 Å². The van der Waals surface area contributed by atoms with Crippen molar-refractivity contribution in [2.45, 2.75) is 31.8 Å². The van der Waals surface area contributed by atoms with Crippen LogP contribution in [0, 0.1) is 0 Å². The monoisotopic (exact) mass is 454 g/mol. The molecule has 1 aliphatic rings. The third-order valence-electron chi connectivity index (χ3n) is 5.18. The largest absolute Gasteiger partial charge is 0.465 e. The molecule has 0 saturated heterocycles. The zero-order valence-corrected chi connectivity index (χ0v) is 18.6. The molecule has 0 bridgehead atoms. The highest BCUT2D eigenvalue weighted by molar-refractivity contribution is 7.16. The molecule has 0 spiro atoms. The van der Waals surface area contributed by atoms with Crippen LogP contribution in [0.5, 0.6) is 0 Å². The number of ether oxygens (including phenoxy) is 1. The highest BCUT2D eigenvalue weighted by Crippen LogP contribution is 2.39. The normalized spacial score (nSPS) is 13.7. The predicted molar refractivity (Wildman–Crippen MR) is 122 cm³/mol. The number of thiophene rings is 2. The molecule has 2 aromatic heterocycles. The van der Waals surface area contributed by atoms with Gasteiger partial charge >= 0.3 is 5.97 Å². The van der Waals surface area contributed by atoms with Crippen molar-refractivity contribution in [1.82, 2.24) is 5.32 Å². The molecular formula is C23H22N2O4S2. The Morgan fingerprint density at radius 2 is 1.81 bits per heavy atom. The molecule has 31 heavy (non-hydrogen) atoms. The molecule has 1 amide bonds. The minimum atomic E-state index is -1.03. The number of fused-ring (bicyclic) bond motifs is 1. The van der Waals surface area contributed by atoms with Crippen LogP contribution in [0.1, 0.15) is 53.7 Å². The molecule has 0 aliphatic heterocycles. The Morgan fingerprint density at radius 3 is 2.52 bits per heavy atom. The maximum atomic E-state index is 13.3.